The minimum absolute atomic E-state index is 0.128. The van der Waals surface area contributed by atoms with Crippen LogP contribution in [0.2, 0.25) is 0 Å². The standard InChI is InChI=1S/C41H46N6O15P2/c48-35(4-2-1-3-20-46-37(50)17-18-38(46)51)42-19-21-60-63(55,56)62-64(57,58)61-26-28-7-5-27(6-8-28)25-59-32-12-10-31(11-13-32)44-41(54)43-23-29-9-14-33-30(22-29)24-47(40(33)53)34-15-16-36(49)45-39(34)52/h5-14,17-18,22,34H,1-4,15-16,19-21,23-26H2,(H,42,48)(H,55,56)(H,57,58)(H2,43,44,54)(H,45,49,52). The fourth-order valence-electron chi connectivity index (χ4n) is 6.79. The molecule has 3 aliphatic rings. The summed E-state index contributed by atoms with van der Waals surface area (Å²) in [7, 11) is -10.1. The van der Waals surface area contributed by atoms with Crippen molar-refractivity contribution in [2.24, 2.45) is 0 Å². The zero-order valence-electron chi connectivity index (χ0n) is 34.3. The number of imide groups is 2. The lowest BCUT2D eigenvalue weighted by Crippen LogP contribution is -2.52. The quantitative estimate of drug-likeness (QED) is 0.0476. The number of ether oxygens (including phenoxy) is 1. The number of carbonyl (C=O) groups is 7. The summed E-state index contributed by atoms with van der Waals surface area (Å²) in [4.78, 5) is 107. The second kappa shape index (κ2) is 21.6. The lowest BCUT2D eigenvalue weighted by atomic mass is 10.0. The second-order valence-electron chi connectivity index (χ2n) is 14.8. The summed E-state index contributed by atoms with van der Waals surface area (Å²) in [6.45, 7) is -0.332. The summed E-state index contributed by atoms with van der Waals surface area (Å²) >= 11 is 0. The number of carbonyl (C=O) groups excluding carboxylic acids is 7. The molecule has 3 aromatic carbocycles. The van der Waals surface area contributed by atoms with Gasteiger partial charge in [-0.15, -0.1) is 0 Å². The van der Waals surface area contributed by atoms with Gasteiger partial charge < -0.3 is 35.4 Å². The summed E-state index contributed by atoms with van der Waals surface area (Å²) in [6.07, 6.45) is 4.55. The van der Waals surface area contributed by atoms with Crippen LogP contribution in [-0.2, 0) is 72.8 Å². The number of anilines is 1. The van der Waals surface area contributed by atoms with Crippen LogP contribution in [0.25, 0.3) is 0 Å². The molecule has 0 saturated carbocycles. The monoisotopic (exact) mass is 924 g/mol. The van der Waals surface area contributed by atoms with E-state index in [9.17, 15) is 52.5 Å². The van der Waals surface area contributed by atoms with Crippen LogP contribution in [0.1, 0.15) is 71.1 Å². The zero-order valence-corrected chi connectivity index (χ0v) is 36.1. The van der Waals surface area contributed by atoms with Gasteiger partial charge in [0.15, 0.2) is 0 Å². The Bertz CT molecular complexity index is 2380. The number of benzene rings is 3. The molecule has 3 heterocycles. The van der Waals surface area contributed by atoms with Crippen molar-refractivity contribution in [3.63, 3.8) is 0 Å². The lowest BCUT2D eigenvalue weighted by Gasteiger charge is -2.29. The van der Waals surface area contributed by atoms with Crippen LogP contribution in [0, 0.1) is 0 Å². The molecule has 64 heavy (non-hydrogen) atoms. The van der Waals surface area contributed by atoms with Gasteiger partial charge in [-0.25, -0.2) is 13.9 Å². The molecule has 3 aliphatic heterocycles. The molecule has 0 bridgehead atoms. The van der Waals surface area contributed by atoms with Gasteiger partial charge in [0.2, 0.25) is 17.7 Å². The second-order valence-corrected chi connectivity index (χ2v) is 17.8. The highest BCUT2D eigenvalue weighted by atomic mass is 31.3. The molecule has 1 saturated heterocycles. The molecule has 3 unspecified atom stereocenters. The highest BCUT2D eigenvalue weighted by molar-refractivity contribution is 7.61. The number of nitrogens with zero attached hydrogens (tertiary/aromatic N) is 2. The SMILES string of the molecule is O=C(CCCCCN1C(=O)C=CC1=O)NCCOP(=O)(O)OP(=O)(O)OCc1ccc(COc2ccc(NC(=O)NCc3ccc4c(c3)CN(C3CCC(=O)NC3=O)C4=O)cc2)cc1. The van der Waals surface area contributed by atoms with Gasteiger partial charge in [0.05, 0.1) is 13.2 Å². The van der Waals surface area contributed by atoms with Crippen molar-refractivity contribution in [1.29, 1.82) is 0 Å². The number of phosphoric acid groups is 2. The summed E-state index contributed by atoms with van der Waals surface area (Å²) in [5, 5.41) is 10.3. The van der Waals surface area contributed by atoms with Gasteiger partial charge in [-0.1, -0.05) is 42.8 Å². The van der Waals surface area contributed by atoms with E-state index in [0.29, 0.717) is 41.8 Å². The molecular weight excluding hydrogens is 878 g/mol. The number of amides is 8. The predicted molar refractivity (Wildman–Crippen MR) is 224 cm³/mol. The van der Waals surface area contributed by atoms with Crippen LogP contribution in [-0.4, -0.2) is 86.8 Å². The van der Waals surface area contributed by atoms with Gasteiger partial charge in [-0.2, -0.15) is 4.31 Å². The summed E-state index contributed by atoms with van der Waals surface area (Å²) < 4.78 is 44.3. The maximum Gasteiger partial charge on any atom is 0.481 e. The van der Waals surface area contributed by atoms with Gasteiger partial charge in [0.1, 0.15) is 18.4 Å². The third-order valence-electron chi connectivity index (χ3n) is 10.0. The van der Waals surface area contributed by atoms with Crippen molar-refractivity contribution >= 4 is 62.8 Å². The largest absolute Gasteiger partial charge is 0.489 e. The molecule has 0 aromatic heterocycles. The van der Waals surface area contributed by atoms with E-state index in [1.807, 2.05) is 0 Å². The third kappa shape index (κ3) is 13.7. The van der Waals surface area contributed by atoms with Crippen LogP contribution < -0.4 is 26.0 Å². The van der Waals surface area contributed by atoms with Crippen LogP contribution in [0.3, 0.4) is 0 Å². The van der Waals surface area contributed by atoms with E-state index >= 15 is 0 Å². The fourth-order valence-corrected chi connectivity index (χ4v) is 8.84. The Morgan fingerprint density at radius 1 is 0.797 bits per heavy atom. The van der Waals surface area contributed by atoms with Crippen molar-refractivity contribution in [3.05, 3.63) is 107 Å². The summed E-state index contributed by atoms with van der Waals surface area (Å²) in [6, 6.07) is 17.2. The number of piperidine rings is 1. The average molecular weight is 925 g/mol. The Morgan fingerprint density at radius 2 is 1.47 bits per heavy atom. The fraction of sp³-hybridized carbons (Fsp3) is 0.341. The molecule has 8 amide bonds. The number of rotatable bonds is 22. The Kier molecular flexibility index (Phi) is 16.0. The predicted octanol–water partition coefficient (Wildman–Crippen LogP) is 3.70. The first-order valence-electron chi connectivity index (χ1n) is 20.1. The number of hydrogen-bond acceptors (Lipinski definition) is 13. The molecule has 3 aromatic rings. The van der Waals surface area contributed by atoms with Crippen molar-refractivity contribution in [3.8, 4) is 5.75 Å². The molecule has 6 rings (SSSR count). The molecule has 3 atom stereocenters. The zero-order chi connectivity index (χ0) is 45.9. The van der Waals surface area contributed by atoms with E-state index in [-0.39, 0.29) is 81.6 Å². The first kappa shape index (κ1) is 47.4. The Hall–Kier alpha value is -6.05. The van der Waals surface area contributed by atoms with E-state index in [1.54, 1.807) is 66.7 Å². The van der Waals surface area contributed by atoms with Gasteiger partial charge >= 0.3 is 21.7 Å². The first-order chi connectivity index (χ1) is 30.5. The van der Waals surface area contributed by atoms with Crippen LogP contribution in [0.15, 0.2) is 78.9 Å². The topological polar surface area (TPSA) is 286 Å². The molecule has 0 aliphatic carbocycles. The Balaban J connectivity index is 0.832. The lowest BCUT2D eigenvalue weighted by molar-refractivity contribution is -0.138. The van der Waals surface area contributed by atoms with Gasteiger partial charge in [0.25, 0.3) is 17.7 Å². The van der Waals surface area contributed by atoms with Gasteiger partial charge in [-0.3, -0.25) is 48.0 Å². The van der Waals surface area contributed by atoms with E-state index < -0.39 is 46.8 Å². The van der Waals surface area contributed by atoms with Gasteiger partial charge in [-0.05, 0) is 71.8 Å². The Morgan fingerprint density at radius 3 is 2.17 bits per heavy atom. The number of urea groups is 1. The molecule has 0 spiro atoms. The number of hydrogen-bond donors (Lipinski definition) is 6. The molecule has 1 fully saturated rings. The molecule has 21 nitrogen and oxygen atoms in total. The highest BCUT2D eigenvalue weighted by Crippen LogP contribution is 2.60. The number of unbranched alkanes of at least 4 members (excludes halogenated alkanes) is 2. The number of phosphoric ester groups is 2. The summed E-state index contributed by atoms with van der Waals surface area (Å²) in [5.41, 5.74) is 3.63. The summed E-state index contributed by atoms with van der Waals surface area (Å²) in [5.74, 6) is -1.72. The number of nitrogens with one attached hydrogen (secondary N) is 4. The average Bonchev–Trinajstić information content (AvgIpc) is 3.75. The molecule has 23 heteroatoms. The molecule has 6 N–H and O–H groups in total. The van der Waals surface area contributed by atoms with E-state index in [0.717, 1.165) is 21.6 Å². The third-order valence-corrected chi connectivity index (χ3v) is 12.7. The minimum atomic E-state index is -5.05. The maximum absolute atomic E-state index is 12.9. The van der Waals surface area contributed by atoms with Crippen LogP contribution >= 0.6 is 15.6 Å². The van der Waals surface area contributed by atoms with Gasteiger partial charge in [0, 0.05) is 62.4 Å². The molecule has 0 radical (unpaired) electrons. The van der Waals surface area contributed by atoms with Crippen molar-refractivity contribution in [2.45, 2.75) is 70.9 Å². The van der Waals surface area contributed by atoms with E-state index in [1.165, 1.54) is 17.1 Å². The minimum Gasteiger partial charge on any atom is -0.489 e. The number of fused-ring (bicyclic) bond motifs is 1. The van der Waals surface area contributed by atoms with Crippen molar-refractivity contribution in [2.75, 3.05) is 25.0 Å². The van der Waals surface area contributed by atoms with E-state index in [2.05, 4.69) is 30.1 Å². The van der Waals surface area contributed by atoms with E-state index in [4.69, 9.17) is 9.26 Å². The van der Waals surface area contributed by atoms with Crippen molar-refractivity contribution < 1.29 is 70.6 Å². The normalized spacial score (nSPS) is 17.7. The molecular formula is C41H46N6O15P2. The molecule has 340 valence electrons. The van der Waals surface area contributed by atoms with Crippen LogP contribution in [0.4, 0.5) is 10.5 Å². The first-order valence-corrected chi connectivity index (χ1v) is 23.1. The van der Waals surface area contributed by atoms with Crippen LogP contribution in [0.5, 0.6) is 5.75 Å². The highest BCUT2D eigenvalue weighted by Gasteiger charge is 2.39. The maximum atomic E-state index is 12.9. The van der Waals surface area contributed by atoms with Crippen molar-refractivity contribution in [1.82, 2.24) is 25.8 Å². The Labute approximate surface area is 366 Å². The smallest absolute Gasteiger partial charge is 0.481 e.